The number of rotatable bonds is 6. The van der Waals surface area contributed by atoms with Crippen molar-refractivity contribution in [2.75, 3.05) is 57.8 Å². The summed E-state index contributed by atoms with van der Waals surface area (Å²) in [6, 6.07) is 2.07. The van der Waals surface area contributed by atoms with Crippen molar-refractivity contribution >= 4 is 51.9 Å². The van der Waals surface area contributed by atoms with E-state index < -0.39 is 0 Å². The molecule has 3 aromatic rings. The lowest BCUT2D eigenvalue weighted by molar-refractivity contribution is -0.149. The number of halogens is 2. The van der Waals surface area contributed by atoms with Crippen molar-refractivity contribution < 1.29 is 14.3 Å². The number of nitrogens with one attached hydrogen (secondary N) is 1. The van der Waals surface area contributed by atoms with Crippen molar-refractivity contribution in [3.8, 4) is 11.1 Å². The molecule has 1 aromatic carbocycles. The predicted molar refractivity (Wildman–Crippen MR) is 182 cm³/mol. The lowest BCUT2D eigenvalue weighted by Gasteiger charge is -2.58. The van der Waals surface area contributed by atoms with E-state index in [4.69, 9.17) is 33.0 Å². The maximum absolute atomic E-state index is 12.1. The Hall–Kier alpha value is -3.28. The smallest absolute Gasteiger partial charge is 0.410 e. The number of aromatic nitrogens is 4. The molecule has 250 valence electrons. The third kappa shape index (κ3) is 4.86. The number of nitrogens with zero attached hydrogens (tertiary/aromatic N) is 7. The minimum atomic E-state index is -0.338. The van der Waals surface area contributed by atoms with Crippen LogP contribution in [0.25, 0.3) is 22.0 Å². The van der Waals surface area contributed by atoms with Crippen molar-refractivity contribution in [1.82, 2.24) is 34.7 Å². The van der Waals surface area contributed by atoms with Gasteiger partial charge in [-0.15, -0.1) is 0 Å². The molecule has 0 radical (unpaired) electrons. The van der Waals surface area contributed by atoms with E-state index >= 15 is 0 Å². The van der Waals surface area contributed by atoms with Gasteiger partial charge >= 0.3 is 6.09 Å². The summed E-state index contributed by atoms with van der Waals surface area (Å²) >= 11 is 13.8. The summed E-state index contributed by atoms with van der Waals surface area (Å²) in [5.74, 6) is 1.45. The number of H-pyrrole nitrogens is 1. The third-order valence-electron chi connectivity index (χ3n) is 11.5. The van der Waals surface area contributed by atoms with Crippen LogP contribution < -0.4 is 4.90 Å². The van der Waals surface area contributed by atoms with E-state index in [-0.39, 0.29) is 34.6 Å². The number of carbonyl (C=O) groups is 2. The van der Waals surface area contributed by atoms with Gasteiger partial charge in [-0.1, -0.05) is 29.8 Å². The molecule has 8 rings (SSSR count). The van der Waals surface area contributed by atoms with Crippen LogP contribution in [0.5, 0.6) is 0 Å². The van der Waals surface area contributed by atoms with Crippen LogP contribution in [0.15, 0.2) is 24.9 Å². The summed E-state index contributed by atoms with van der Waals surface area (Å²) in [7, 11) is 1.81. The van der Waals surface area contributed by atoms with Gasteiger partial charge in [-0.2, -0.15) is 10.2 Å². The molecule has 2 amide bonds. The summed E-state index contributed by atoms with van der Waals surface area (Å²) in [6.45, 7) is 16.1. The minimum Gasteiger partial charge on any atom is -0.438 e. The lowest BCUT2D eigenvalue weighted by atomic mass is 9.60. The second-order valence-electron chi connectivity index (χ2n) is 15.5. The van der Waals surface area contributed by atoms with E-state index in [0.717, 1.165) is 98.5 Å². The third-order valence-corrected chi connectivity index (χ3v) is 12.2. The predicted octanol–water partition coefficient (Wildman–Crippen LogP) is 5.52. The Bertz CT molecular complexity index is 1800. The van der Waals surface area contributed by atoms with Gasteiger partial charge in [0.15, 0.2) is 11.4 Å². The molecule has 47 heavy (non-hydrogen) atoms. The zero-order chi connectivity index (χ0) is 33.0. The number of anilines is 1. The van der Waals surface area contributed by atoms with Crippen LogP contribution in [0, 0.1) is 18.3 Å². The Morgan fingerprint density at radius 1 is 1.15 bits per heavy atom. The van der Waals surface area contributed by atoms with Gasteiger partial charge in [-0.3, -0.25) is 19.5 Å². The van der Waals surface area contributed by atoms with Gasteiger partial charge in [0.1, 0.15) is 0 Å². The van der Waals surface area contributed by atoms with Crippen LogP contribution in [-0.4, -0.2) is 111 Å². The number of fused-ring (bicyclic) bond motifs is 1. The van der Waals surface area contributed by atoms with E-state index in [1.165, 1.54) is 6.08 Å². The zero-order valence-electron chi connectivity index (χ0n) is 27.5. The summed E-state index contributed by atoms with van der Waals surface area (Å²) in [4.78, 5) is 32.6. The van der Waals surface area contributed by atoms with E-state index in [0.29, 0.717) is 22.5 Å². The van der Waals surface area contributed by atoms with Crippen molar-refractivity contribution in [2.45, 2.75) is 63.6 Å². The molecule has 0 unspecified atom stereocenters. The van der Waals surface area contributed by atoms with E-state index in [2.05, 4.69) is 52.0 Å². The fourth-order valence-electron chi connectivity index (χ4n) is 9.34. The standard InChI is InChI=1S/C34H42Cl2N8O3/c1-6-26(45)42-15-33(16-42)11-22(12-33)44-20(2)27(28-23-13-37-38-25(23)9-24(35)29(28)36)30(39-44)43-8-7-21(10-32(43,3)4)14-41-18-34(19-41)17-40(5)31(46)47-34/h6,9,13,21-22H,1,7-8,10-12,14-19H2,2-5H3,(H,37,38)/t21-/m1/s1. The van der Waals surface area contributed by atoms with Crippen LogP contribution in [-0.2, 0) is 9.53 Å². The van der Waals surface area contributed by atoms with E-state index in [9.17, 15) is 9.59 Å². The molecule has 4 aliphatic heterocycles. The van der Waals surface area contributed by atoms with Gasteiger partial charge in [-0.25, -0.2) is 4.79 Å². The second-order valence-corrected chi connectivity index (χ2v) is 16.3. The Kier molecular flexibility index (Phi) is 7.00. The highest BCUT2D eigenvalue weighted by Gasteiger charge is 2.55. The van der Waals surface area contributed by atoms with Crippen LogP contribution in [0.4, 0.5) is 10.6 Å². The molecule has 6 heterocycles. The fourth-order valence-corrected chi connectivity index (χ4v) is 9.79. The highest BCUT2D eigenvalue weighted by Crippen LogP contribution is 2.56. The number of amides is 2. The van der Waals surface area contributed by atoms with Crippen LogP contribution >= 0.6 is 23.2 Å². The molecule has 1 atom stereocenters. The first kappa shape index (κ1) is 31.0. The molecule has 1 N–H and O–H groups in total. The molecule has 11 nitrogen and oxygen atoms in total. The quantitative estimate of drug-likeness (QED) is 0.342. The molecule has 5 fully saturated rings. The molecule has 13 heteroatoms. The molecule has 4 saturated heterocycles. The fraction of sp³-hybridized carbons (Fsp3) is 0.588. The van der Waals surface area contributed by atoms with Gasteiger partial charge in [-0.05, 0) is 64.5 Å². The van der Waals surface area contributed by atoms with Crippen LogP contribution in [0.1, 0.15) is 51.3 Å². The first-order chi connectivity index (χ1) is 22.3. The number of likely N-dealkylation sites (N-methyl/N-ethyl adjacent to an activating group) is 1. The number of hydrogen-bond donors (Lipinski definition) is 1. The van der Waals surface area contributed by atoms with Gasteiger partial charge < -0.3 is 19.4 Å². The Balaban J connectivity index is 1.08. The molecule has 1 saturated carbocycles. The molecule has 1 aliphatic carbocycles. The van der Waals surface area contributed by atoms with Crippen molar-refractivity contribution in [3.63, 3.8) is 0 Å². The first-order valence-electron chi connectivity index (χ1n) is 16.6. The van der Waals surface area contributed by atoms with Crippen molar-refractivity contribution in [1.29, 1.82) is 0 Å². The summed E-state index contributed by atoms with van der Waals surface area (Å²) < 4.78 is 7.91. The molecule has 5 aliphatic rings. The molecular formula is C34H42Cl2N8O3. The maximum atomic E-state index is 12.1. The number of aromatic amines is 1. The molecule has 0 bridgehead atoms. The maximum Gasteiger partial charge on any atom is 0.410 e. The van der Waals surface area contributed by atoms with Gasteiger partial charge in [0.25, 0.3) is 0 Å². The number of ether oxygens (including phenoxy) is 1. The highest BCUT2D eigenvalue weighted by atomic mass is 35.5. The topological polar surface area (TPSA) is 103 Å². The monoisotopic (exact) mass is 680 g/mol. The zero-order valence-corrected chi connectivity index (χ0v) is 29.0. The van der Waals surface area contributed by atoms with Gasteiger partial charge in [0, 0.05) is 79.5 Å². The number of carbonyl (C=O) groups excluding carboxylic acids is 2. The van der Waals surface area contributed by atoms with Crippen molar-refractivity contribution in [3.05, 3.63) is 40.7 Å². The molecular weight excluding hydrogens is 639 g/mol. The number of benzene rings is 1. The normalized spacial score (nSPS) is 24.9. The summed E-state index contributed by atoms with van der Waals surface area (Å²) in [6.07, 6.45) is 7.00. The number of piperidine rings is 1. The Labute approximate surface area is 284 Å². The van der Waals surface area contributed by atoms with E-state index in [1.54, 1.807) is 11.9 Å². The lowest BCUT2D eigenvalue weighted by Crippen LogP contribution is -2.65. The largest absolute Gasteiger partial charge is 0.438 e. The average Bonchev–Trinajstić information content (AvgIpc) is 3.63. The average molecular weight is 682 g/mol. The van der Waals surface area contributed by atoms with Crippen LogP contribution in [0.3, 0.4) is 0 Å². The van der Waals surface area contributed by atoms with E-state index in [1.807, 2.05) is 17.2 Å². The van der Waals surface area contributed by atoms with Crippen molar-refractivity contribution in [2.24, 2.45) is 11.3 Å². The minimum absolute atomic E-state index is 0.00692. The Morgan fingerprint density at radius 3 is 2.55 bits per heavy atom. The summed E-state index contributed by atoms with van der Waals surface area (Å²) in [5.41, 5.74) is 3.41. The number of hydrogen-bond acceptors (Lipinski definition) is 7. The second kappa shape index (κ2) is 10.6. The molecule has 2 spiro atoms. The van der Waals surface area contributed by atoms with Crippen LogP contribution in [0.2, 0.25) is 10.0 Å². The summed E-state index contributed by atoms with van der Waals surface area (Å²) in [5, 5.41) is 14.7. The molecule has 2 aromatic heterocycles. The first-order valence-corrected chi connectivity index (χ1v) is 17.3. The van der Waals surface area contributed by atoms with Gasteiger partial charge in [0.05, 0.1) is 34.3 Å². The Morgan fingerprint density at radius 2 is 1.89 bits per heavy atom. The number of likely N-dealkylation sites (tertiary alicyclic amines) is 2. The highest BCUT2D eigenvalue weighted by molar-refractivity contribution is 6.45. The van der Waals surface area contributed by atoms with Gasteiger partial charge in [0.2, 0.25) is 5.91 Å². The SMILES string of the molecule is C=CC(=O)N1CC2(CC(n3nc(N4CC[C@@H](CN5CC6(C5)CN(C)C(=O)O6)CC4(C)C)c(-c4c(Cl)c(Cl)cc5[nH]ncc45)c3C)C2)C1.